The lowest BCUT2D eigenvalue weighted by atomic mass is 9.95. The molecular weight excluding hydrogens is 289 g/mol. The number of rotatable bonds is 6. The molecule has 0 spiro atoms. The highest BCUT2D eigenvalue weighted by molar-refractivity contribution is 5.29. The number of hydrogen-bond acceptors (Lipinski definition) is 2. The van der Waals surface area contributed by atoms with E-state index in [4.69, 9.17) is 4.74 Å². The van der Waals surface area contributed by atoms with Gasteiger partial charge in [-0.05, 0) is 48.2 Å². The van der Waals surface area contributed by atoms with Gasteiger partial charge in [0.25, 0.3) is 0 Å². The standard InChI is InChI=1S/C20H24FNO/c21-18-11-9-16(10-12-18)15-23-20-8-4-5-17(13-20)14-22-19-6-2-1-3-7-19/h4-5,8-13,19,22H,1-3,6-7,14-15H2. The quantitative estimate of drug-likeness (QED) is 0.825. The first-order chi connectivity index (χ1) is 11.3. The maximum atomic E-state index is 12.9. The van der Waals surface area contributed by atoms with Gasteiger partial charge >= 0.3 is 0 Å². The normalized spacial score (nSPS) is 15.5. The average Bonchev–Trinajstić information content (AvgIpc) is 2.61. The van der Waals surface area contributed by atoms with Crippen LogP contribution >= 0.6 is 0 Å². The van der Waals surface area contributed by atoms with E-state index in [9.17, 15) is 4.39 Å². The fourth-order valence-corrected chi connectivity index (χ4v) is 3.06. The van der Waals surface area contributed by atoms with Crippen molar-refractivity contribution in [2.75, 3.05) is 0 Å². The Morgan fingerprint density at radius 2 is 1.74 bits per heavy atom. The molecule has 0 aliphatic heterocycles. The van der Waals surface area contributed by atoms with Crippen molar-refractivity contribution < 1.29 is 9.13 Å². The van der Waals surface area contributed by atoms with Crippen LogP contribution in [0.25, 0.3) is 0 Å². The van der Waals surface area contributed by atoms with Crippen molar-refractivity contribution in [2.45, 2.75) is 51.3 Å². The predicted octanol–water partition coefficient (Wildman–Crippen LogP) is 4.83. The summed E-state index contributed by atoms with van der Waals surface area (Å²) in [5, 5.41) is 3.65. The van der Waals surface area contributed by atoms with Crippen molar-refractivity contribution in [1.82, 2.24) is 5.32 Å². The van der Waals surface area contributed by atoms with Crippen LogP contribution in [-0.4, -0.2) is 6.04 Å². The Kier molecular flexibility index (Phi) is 5.65. The van der Waals surface area contributed by atoms with E-state index in [1.807, 2.05) is 12.1 Å². The van der Waals surface area contributed by atoms with Gasteiger partial charge < -0.3 is 10.1 Å². The highest BCUT2D eigenvalue weighted by atomic mass is 19.1. The molecule has 0 bridgehead atoms. The second-order valence-electron chi connectivity index (χ2n) is 6.28. The van der Waals surface area contributed by atoms with Gasteiger partial charge in [0, 0.05) is 12.6 Å². The van der Waals surface area contributed by atoms with Gasteiger partial charge in [-0.3, -0.25) is 0 Å². The molecule has 1 aliphatic rings. The first-order valence-electron chi connectivity index (χ1n) is 8.49. The fraction of sp³-hybridized carbons (Fsp3) is 0.400. The van der Waals surface area contributed by atoms with Gasteiger partial charge in [-0.2, -0.15) is 0 Å². The number of halogens is 1. The van der Waals surface area contributed by atoms with Crippen LogP contribution in [0.5, 0.6) is 5.75 Å². The SMILES string of the molecule is Fc1ccc(COc2cccc(CNC3CCCCC3)c2)cc1. The largest absolute Gasteiger partial charge is 0.489 e. The Hall–Kier alpha value is -1.87. The molecule has 2 nitrogen and oxygen atoms in total. The highest BCUT2D eigenvalue weighted by Gasteiger charge is 2.12. The summed E-state index contributed by atoms with van der Waals surface area (Å²) in [7, 11) is 0. The van der Waals surface area contributed by atoms with Crippen molar-refractivity contribution >= 4 is 0 Å². The van der Waals surface area contributed by atoms with E-state index in [0.717, 1.165) is 17.9 Å². The minimum atomic E-state index is -0.218. The van der Waals surface area contributed by atoms with Gasteiger partial charge in [-0.25, -0.2) is 4.39 Å². The number of ether oxygens (including phenoxy) is 1. The first-order valence-corrected chi connectivity index (χ1v) is 8.49. The van der Waals surface area contributed by atoms with Crippen molar-refractivity contribution in [1.29, 1.82) is 0 Å². The molecule has 0 amide bonds. The first kappa shape index (κ1) is 16.0. The van der Waals surface area contributed by atoms with Crippen LogP contribution < -0.4 is 10.1 Å². The molecule has 2 aromatic carbocycles. The predicted molar refractivity (Wildman–Crippen MR) is 90.9 cm³/mol. The van der Waals surface area contributed by atoms with E-state index < -0.39 is 0 Å². The molecule has 0 unspecified atom stereocenters. The molecule has 3 rings (SSSR count). The second kappa shape index (κ2) is 8.11. The Bertz CT molecular complexity index is 605. The lowest BCUT2D eigenvalue weighted by molar-refractivity contribution is 0.305. The molecular formula is C20H24FNO. The van der Waals surface area contributed by atoms with Gasteiger partial charge in [0.05, 0.1) is 0 Å². The Balaban J connectivity index is 1.51. The van der Waals surface area contributed by atoms with E-state index >= 15 is 0 Å². The summed E-state index contributed by atoms with van der Waals surface area (Å²) >= 11 is 0. The smallest absolute Gasteiger partial charge is 0.123 e. The number of hydrogen-bond donors (Lipinski definition) is 1. The van der Waals surface area contributed by atoms with E-state index in [-0.39, 0.29) is 5.82 Å². The highest BCUT2D eigenvalue weighted by Crippen LogP contribution is 2.19. The van der Waals surface area contributed by atoms with Crippen molar-refractivity contribution in [3.05, 3.63) is 65.5 Å². The molecule has 1 N–H and O–H groups in total. The summed E-state index contributed by atoms with van der Waals surface area (Å²) in [5.41, 5.74) is 2.21. The summed E-state index contributed by atoms with van der Waals surface area (Å²) in [6, 6.07) is 15.3. The van der Waals surface area contributed by atoms with Crippen LogP contribution in [0.2, 0.25) is 0 Å². The van der Waals surface area contributed by atoms with Gasteiger partial charge in [0.15, 0.2) is 0 Å². The Morgan fingerprint density at radius 1 is 0.957 bits per heavy atom. The monoisotopic (exact) mass is 313 g/mol. The maximum absolute atomic E-state index is 12.9. The van der Waals surface area contributed by atoms with E-state index in [1.165, 1.54) is 49.8 Å². The van der Waals surface area contributed by atoms with Crippen LogP contribution in [0.15, 0.2) is 48.5 Å². The topological polar surface area (TPSA) is 21.3 Å². The lowest BCUT2D eigenvalue weighted by Crippen LogP contribution is -2.30. The molecule has 1 aliphatic carbocycles. The minimum absolute atomic E-state index is 0.218. The van der Waals surface area contributed by atoms with Crippen LogP contribution in [-0.2, 0) is 13.2 Å². The van der Waals surface area contributed by atoms with Crippen molar-refractivity contribution in [3.63, 3.8) is 0 Å². The van der Waals surface area contributed by atoms with Crippen molar-refractivity contribution in [2.24, 2.45) is 0 Å². The molecule has 2 aromatic rings. The average molecular weight is 313 g/mol. The van der Waals surface area contributed by atoms with E-state index in [2.05, 4.69) is 17.4 Å². The van der Waals surface area contributed by atoms with Crippen LogP contribution in [0, 0.1) is 5.82 Å². The lowest BCUT2D eigenvalue weighted by Gasteiger charge is -2.23. The summed E-state index contributed by atoms with van der Waals surface area (Å²) < 4.78 is 18.7. The molecule has 1 saturated carbocycles. The van der Waals surface area contributed by atoms with Crippen LogP contribution in [0.4, 0.5) is 4.39 Å². The summed E-state index contributed by atoms with van der Waals surface area (Å²) in [4.78, 5) is 0. The molecule has 122 valence electrons. The fourth-order valence-electron chi connectivity index (χ4n) is 3.06. The van der Waals surface area contributed by atoms with Gasteiger partial charge in [0.1, 0.15) is 18.2 Å². The molecule has 0 atom stereocenters. The Morgan fingerprint density at radius 3 is 2.52 bits per heavy atom. The molecule has 3 heteroatoms. The molecule has 0 saturated heterocycles. The molecule has 0 aromatic heterocycles. The zero-order valence-corrected chi connectivity index (χ0v) is 13.4. The summed E-state index contributed by atoms with van der Waals surface area (Å²) in [5.74, 6) is 0.641. The zero-order valence-electron chi connectivity index (χ0n) is 13.4. The number of benzene rings is 2. The molecule has 0 heterocycles. The molecule has 1 fully saturated rings. The summed E-state index contributed by atoms with van der Waals surface area (Å²) in [6.45, 7) is 1.35. The Labute approximate surface area is 137 Å². The number of nitrogens with one attached hydrogen (secondary N) is 1. The van der Waals surface area contributed by atoms with Crippen LogP contribution in [0.1, 0.15) is 43.2 Å². The third-order valence-electron chi connectivity index (χ3n) is 4.42. The van der Waals surface area contributed by atoms with Crippen LogP contribution in [0.3, 0.4) is 0 Å². The van der Waals surface area contributed by atoms with E-state index in [0.29, 0.717) is 12.6 Å². The third kappa shape index (κ3) is 5.07. The van der Waals surface area contributed by atoms with Crippen molar-refractivity contribution in [3.8, 4) is 5.75 Å². The van der Waals surface area contributed by atoms with Gasteiger partial charge in [-0.15, -0.1) is 0 Å². The molecule has 23 heavy (non-hydrogen) atoms. The van der Waals surface area contributed by atoms with Gasteiger partial charge in [-0.1, -0.05) is 43.5 Å². The van der Waals surface area contributed by atoms with E-state index in [1.54, 1.807) is 12.1 Å². The minimum Gasteiger partial charge on any atom is -0.489 e. The maximum Gasteiger partial charge on any atom is 0.123 e. The summed E-state index contributed by atoms with van der Waals surface area (Å²) in [6.07, 6.45) is 6.66. The van der Waals surface area contributed by atoms with Gasteiger partial charge in [0.2, 0.25) is 0 Å². The molecule has 0 radical (unpaired) electrons. The zero-order chi connectivity index (χ0) is 15.9. The third-order valence-corrected chi connectivity index (χ3v) is 4.42. The second-order valence-corrected chi connectivity index (χ2v) is 6.28.